The van der Waals surface area contributed by atoms with E-state index in [2.05, 4.69) is 16.8 Å². The molecule has 2 aliphatic rings. The summed E-state index contributed by atoms with van der Waals surface area (Å²) >= 11 is 0. The van der Waals surface area contributed by atoms with E-state index in [1.54, 1.807) is 7.11 Å². The number of para-hydroxylation sites is 1. The van der Waals surface area contributed by atoms with Crippen LogP contribution in [0.5, 0.6) is 11.5 Å². The maximum absolute atomic E-state index is 13.2. The molecule has 1 unspecified atom stereocenters. The van der Waals surface area contributed by atoms with Crippen molar-refractivity contribution in [3.8, 4) is 11.5 Å². The Morgan fingerprint density at radius 2 is 1.68 bits per heavy atom. The minimum Gasteiger partial charge on any atom is -0.493 e. The zero-order valence-corrected chi connectivity index (χ0v) is 20.5. The summed E-state index contributed by atoms with van der Waals surface area (Å²) < 4.78 is 11.3. The van der Waals surface area contributed by atoms with Crippen molar-refractivity contribution in [3.63, 3.8) is 0 Å². The molecule has 0 bridgehead atoms. The van der Waals surface area contributed by atoms with Crippen LogP contribution in [0.1, 0.15) is 30.6 Å². The number of hydrogen-bond acceptors (Lipinski definition) is 8. The van der Waals surface area contributed by atoms with Crippen molar-refractivity contribution in [1.29, 1.82) is 0 Å². The van der Waals surface area contributed by atoms with Crippen LogP contribution in [0.3, 0.4) is 0 Å². The van der Waals surface area contributed by atoms with Crippen molar-refractivity contribution >= 4 is 17.8 Å². The zero-order valence-electron chi connectivity index (χ0n) is 20.5. The van der Waals surface area contributed by atoms with E-state index in [-0.39, 0.29) is 5.91 Å². The second-order valence-corrected chi connectivity index (χ2v) is 8.07. The van der Waals surface area contributed by atoms with Gasteiger partial charge in [-0.1, -0.05) is 6.07 Å². The highest BCUT2D eigenvalue weighted by atomic mass is 16.5. The molecule has 34 heavy (non-hydrogen) atoms. The summed E-state index contributed by atoms with van der Waals surface area (Å²) in [7, 11) is 3.74. The smallest absolute Gasteiger partial charge is 0.300 e. The van der Waals surface area contributed by atoms with Gasteiger partial charge in [-0.3, -0.25) is 19.3 Å². The number of piperazine rings is 2. The molecule has 0 spiro atoms. The van der Waals surface area contributed by atoms with E-state index in [1.165, 1.54) is 0 Å². The molecule has 1 atom stereocenters. The number of nitrogens with two attached hydrogens (primary N) is 1. The molecule has 0 radical (unpaired) electrons. The number of nitrogens with zero attached hydrogens (tertiary/aromatic N) is 3. The Kier molecular flexibility index (Phi) is 12.9. The Bertz CT molecular complexity index is 786. The molecule has 0 saturated carbocycles. The molecule has 2 fully saturated rings. The normalized spacial score (nSPS) is 17.8. The second kappa shape index (κ2) is 15.1. The minimum absolute atomic E-state index is 0.0134. The molecule has 2 aliphatic heterocycles. The van der Waals surface area contributed by atoms with Crippen LogP contribution in [0, 0.1) is 0 Å². The number of carboxylic acid groups (broad SMARTS) is 2. The fourth-order valence-electron chi connectivity index (χ4n) is 3.72. The topological polar surface area (TPSA) is 146 Å². The first-order valence-corrected chi connectivity index (χ1v) is 11.2. The quantitative estimate of drug-likeness (QED) is 0.495. The number of benzene rings is 1. The number of amides is 1. The maximum atomic E-state index is 13.2. The van der Waals surface area contributed by atoms with Crippen LogP contribution >= 0.6 is 0 Å². The Morgan fingerprint density at radius 1 is 1.06 bits per heavy atom. The van der Waals surface area contributed by atoms with Gasteiger partial charge in [0.25, 0.3) is 17.8 Å². The van der Waals surface area contributed by atoms with E-state index in [4.69, 9.17) is 35.0 Å². The number of carbonyl (C=O) groups excluding carboxylic acids is 1. The number of rotatable bonds is 6. The molecular weight excluding hydrogens is 444 g/mol. The summed E-state index contributed by atoms with van der Waals surface area (Å²) in [5.41, 5.74) is 6.12. The third kappa shape index (κ3) is 9.94. The van der Waals surface area contributed by atoms with Gasteiger partial charge in [0.15, 0.2) is 11.5 Å². The molecule has 2 heterocycles. The van der Waals surface area contributed by atoms with Gasteiger partial charge < -0.3 is 35.2 Å². The van der Waals surface area contributed by atoms with Crippen molar-refractivity contribution < 1.29 is 34.1 Å². The molecule has 2 saturated heterocycles. The average molecular weight is 483 g/mol. The number of fused-ring (bicyclic) bond motifs is 1. The van der Waals surface area contributed by atoms with Gasteiger partial charge in [-0.2, -0.15) is 0 Å². The molecular formula is C23H38N4O7. The molecule has 0 aromatic heterocycles. The Hall–Kier alpha value is -2.89. The number of aliphatic carboxylic acids is 2. The van der Waals surface area contributed by atoms with Gasteiger partial charge in [0.2, 0.25) is 0 Å². The Balaban J connectivity index is 0.000000629. The number of ether oxygens (including phenoxy) is 2. The van der Waals surface area contributed by atoms with E-state index in [1.807, 2.05) is 23.1 Å². The van der Waals surface area contributed by atoms with Gasteiger partial charge in [0, 0.05) is 59.2 Å². The largest absolute Gasteiger partial charge is 0.493 e. The summed E-state index contributed by atoms with van der Waals surface area (Å²) in [6.07, 6.45) is 0.735. The predicted octanol–water partition coefficient (Wildman–Crippen LogP) is 0.676. The third-order valence-corrected chi connectivity index (χ3v) is 5.21. The van der Waals surface area contributed by atoms with Crippen molar-refractivity contribution in [1.82, 2.24) is 14.7 Å². The van der Waals surface area contributed by atoms with Gasteiger partial charge in [-0.05, 0) is 32.1 Å². The average Bonchev–Trinajstić information content (AvgIpc) is 2.77. The van der Waals surface area contributed by atoms with Crippen LogP contribution in [0.25, 0.3) is 0 Å². The van der Waals surface area contributed by atoms with Crippen molar-refractivity contribution in [2.45, 2.75) is 26.3 Å². The van der Waals surface area contributed by atoms with E-state index in [9.17, 15) is 4.79 Å². The highest BCUT2D eigenvalue weighted by Gasteiger charge is 2.34. The number of carbonyl (C=O) groups is 3. The number of methoxy groups -OCH3 is 1. The molecule has 11 heteroatoms. The molecule has 1 aromatic rings. The van der Waals surface area contributed by atoms with Crippen LogP contribution in [0.4, 0.5) is 0 Å². The first kappa shape index (κ1) is 29.1. The monoisotopic (exact) mass is 482 g/mol. The van der Waals surface area contributed by atoms with Crippen molar-refractivity contribution in [3.05, 3.63) is 23.8 Å². The fourth-order valence-corrected chi connectivity index (χ4v) is 3.72. The molecule has 4 N–H and O–H groups in total. The van der Waals surface area contributed by atoms with Crippen LogP contribution < -0.4 is 15.2 Å². The van der Waals surface area contributed by atoms with E-state index in [0.29, 0.717) is 36.3 Å². The zero-order chi connectivity index (χ0) is 25.7. The SMILES string of the molecule is CC(=O)O.CC(=O)O.COc1cccc(C(=O)N2CCN3CCN(C)CC3C2)c1OCCCN. The van der Waals surface area contributed by atoms with E-state index in [0.717, 1.165) is 59.5 Å². The molecule has 1 amide bonds. The molecule has 192 valence electrons. The van der Waals surface area contributed by atoms with Gasteiger partial charge in [0.1, 0.15) is 0 Å². The molecule has 1 aromatic carbocycles. The Labute approximate surface area is 201 Å². The lowest BCUT2D eigenvalue weighted by Crippen LogP contribution is -2.62. The van der Waals surface area contributed by atoms with Gasteiger partial charge in [-0.25, -0.2) is 0 Å². The van der Waals surface area contributed by atoms with Gasteiger partial charge in [-0.15, -0.1) is 0 Å². The van der Waals surface area contributed by atoms with E-state index >= 15 is 0 Å². The Morgan fingerprint density at radius 3 is 2.26 bits per heavy atom. The maximum Gasteiger partial charge on any atom is 0.300 e. The molecule has 0 aliphatic carbocycles. The summed E-state index contributed by atoms with van der Waals surface area (Å²) in [5, 5.41) is 14.8. The van der Waals surface area contributed by atoms with Gasteiger partial charge >= 0.3 is 0 Å². The first-order valence-electron chi connectivity index (χ1n) is 11.2. The predicted molar refractivity (Wildman–Crippen MR) is 128 cm³/mol. The minimum atomic E-state index is -0.833. The highest BCUT2D eigenvalue weighted by Crippen LogP contribution is 2.32. The number of hydrogen-bond donors (Lipinski definition) is 3. The molecule has 11 nitrogen and oxygen atoms in total. The highest BCUT2D eigenvalue weighted by molar-refractivity contribution is 5.98. The summed E-state index contributed by atoms with van der Waals surface area (Å²) in [4.78, 5) is 38.0. The van der Waals surface area contributed by atoms with Crippen LogP contribution in [-0.4, -0.2) is 115 Å². The van der Waals surface area contributed by atoms with Gasteiger partial charge in [0.05, 0.1) is 19.3 Å². The lowest BCUT2D eigenvalue weighted by Gasteiger charge is -2.46. The third-order valence-electron chi connectivity index (χ3n) is 5.21. The standard InChI is InChI=1S/C19H30N4O3.2C2H4O2/c1-21-8-9-22-10-11-23(14-15(22)13-21)19(24)16-5-3-6-17(25-2)18(16)26-12-4-7-20;2*1-2(3)4/h3,5-6,15H,4,7-14,20H2,1-2H3;2*1H3,(H,3,4). The van der Waals surface area contributed by atoms with Crippen LogP contribution in [0.15, 0.2) is 18.2 Å². The summed E-state index contributed by atoms with van der Waals surface area (Å²) in [5.74, 6) is -0.542. The number of carboxylic acids is 2. The van der Waals surface area contributed by atoms with Crippen molar-refractivity contribution in [2.75, 3.05) is 66.6 Å². The lowest BCUT2D eigenvalue weighted by atomic mass is 10.1. The number of likely N-dealkylation sites (N-methyl/N-ethyl adjacent to an activating group) is 1. The lowest BCUT2D eigenvalue weighted by molar-refractivity contribution is -0.135. The summed E-state index contributed by atoms with van der Waals surface area (Å²) in [6, 6.07) is 5.88. The van der Waals surface area contributed by atoms with Crippen molar-refractivity contribution in [2.24, 2.45) is 5.73 Å². The second-order valence-electron chi connectivity index (χ2n) is 8.07. The fraction of sp³-hybridized carbons (Fsp3) is 0.609. The van der Waals surface area contributed by atoms with Crippen LogP contribution in [0.2, 0.25) is 0 Å². The van der Waals surface area contributed by atoms with E-state index < -0.39 is 11.9 Å². The molecule has 3 rings (SSSR count). The summed E-state index contributed by atoms with van der Waals surface area (Å²) in [6.45, 7) is 8.80. The van der Waals surface area contributed by atoms with Crippen LogP contribution in [-0.2, 0) is 9.59 Å². The first-order chi connectivity index (χ1) is 16.1.